The van der Waals surface area contributed by atoms with Gasteiger partial charge < -0.3 is 4.74 Å². The predicted octanol–water partition coefficient (Wildman–Crippen LogP) is 1.19. The number of tetrazole rings is 1. The summed E-state index contributed by atoms with van der Waals surface area (Å²) in [5.41, 5.74) is -0.0374. The molecule has 0 aliphatic carbocycles. The molecule has 0 aliphatic rings. The molecule has 0 fully saturated rings. The first kappa shape index (κ1) is 16.7. The van der Waals surface area contributed by atoms with E-state index in [2.05, 4.69) is 15.4 Å². The quantitative estimate of drug-likeness (QED) is 0.708. The number of carbonyl (C=O) groups excluding carboxylic acids is 1. The normalized spacial score (nSPS) is 11.4. The topological polar surface area (TPSA) is 104 Å². The van der Waals surface area contributed by atoms with Gasteiger partial charge in [0.05, 0.1) is 17.1 Å². The third-order valence-electron chi connectivity index (χ3n) is 2.60. The van der Waals surface area contributed by atoms with Gasteiger partial charge in [0.25, 0.3) is 5.24 Å². The van der Waals surface area contributed by atoms with E-state index in [1.54, 1.807) is 0 Å². The number of benzene rings is 1. The maximum atomic E-state index is 11.8. The summed E-state index contributed by atoms with van der Waals surface area (Å²) in [7, 11) is -3.60. The third kappa shape index (κ3) is 3.73. The van der Waals surface area contributed by atoms with Crippen LogP contribution in [0, 0.1) is 0 Å². The van der Waals surface area contributed by atoms with Crippen LogP contribution < -0.4 is 4.74 Å². The van der Waals surface area contributed by atoms with E-state index in [9.17, 15) is 13.2 Å². The van der Waals surface area contributed by atoms with E-state index in [0.29, 0.717) is 0 Å². The van der Waals surface area contributed by atoms with Crippen molar-refractivity contribution in [3.05, 3.63) is 29.0 Å². The molecule has 0 radical (unpaired) electrons. The Morgan fingerprint density at radius 2 is 2.14 bits per heavy atom. The van der Waals surface area contributed by atoms with Crippen LogP contribution in [0.3, 0.4) is 0 Å². The van der Waals surface area contributed by atoms with Crippen LogP contribution >= 0.6 is 23.2 Å². The second-order valence-corrected chi connectivity index (χ2v) is 6.89. The highest BCUT2D eigenvalue weighted by molar-refractivity contribution is 7.90. The summed E-state index contributed by atoms with van der Waals surface area (Å²) < 4.78 is 29.0. The zero-order valence-electron chi connectivity index (χ0n) is 11.2. The summed E-state index contributed by atoms with van der Waals surface area (Å²) in [5, 5.41) is 9.96. The van der Waals surface area contributed by atoms with Gasteiger partial charge in [-0.25, -0.2) is 8.42 Å². The number of carbonyl (C=O) groups is 1. The fourth-order valence-electron chi connectivity index (χ4n) is 1.64. The number of nitrogens with zero attached hydrogens (tertiary/aromatic N) is 4. The summed E-state index contributed by atoms with van der Waals surface area (Å²) in [6.07, 6.45) is 2.26. The van der Waals surface area contributed by atoms with E-state index in [1.807, 2.05) is 0 Å². The van der Waals surface area contributed by atoms with Crippen molar-refractivity contribution < 1.29 is 17.9 Å². The lowest BCUT2D eigenvalue weighted by Gasteiger charge is -2.13. The first-order chi connectivity index (χ1) is 10.3. The monoisotopic (exact) mass is 364 g/mol. The van der Waals surface area contributed by atoms with E-state index in [-0.39, 0.29) is 34.4 Å². The number of aromatic nitrogens is 4. The van der Waals surface area contributed by atoms with Gasteiger partial charge in [-0.2, -0.15) is 4.80 Å². The van der Waals surface area contributed by atoms with Gasteiger partial charge in [-0.05, 0) is 28.9 Å². The van der Waals surface area contributed by atoms with Gasteiger partial charge >= 0.3 is 0 Å². The lowest BCUT2D eigenvalue weighted by atomic mass is 10.2. The minimum absolute atomic E-state index is 0.0263. The Labute approximate surface area is 135 Å². The minimum atomic E-state index is -3.60. The number of ether oxygens (including phenoxy) is 1. The number of rotatable bonds is 6. The molecule has 0 amide bonds. The second kappa shape index (κ2) is 6.59. The van der Waals surface area contributed by atoms with Gasteiger partial charge in [-0.1, -0.05) is 11.6 Å². The summed E-state index contributed by atoms with van der Waals surface area (Å²) in [5.74, 6) is -0.129. The van der Waals surface area contributed by atoms with Crippen molar-refractivity contribution in [2.75, 3.05) is 12.9 Å². The molecule has 0 saturated heterocycles. The van der Waals surface area contributed by atoms with Crippen molar-refractivity contribution in [3.63, 3.8) is 0 Å². The Morgan fingerprint density at radius 1 is 1.41 bits per heavy atom. The van der Waals surface area contributed by atoms with Gasteiger partial charge in [0, 0.05) is 6.26 Å². The number of halogens is 2. The first-order valence-corrected chi connectivity index (χ1v) is 8.51. The summed E-state index contributed by atoms with van der Waals surface area (Å²) >= 11 is 11.4. The number of hydrogen-bond donors (Lipinski definition) is 0. The summed E-state index contributed by atoms with van der Waals surface area (Å²) in [4.78, 5) is 12.4. The van der Waals surface area contributed by atoms with Crippen LogP contribution in [0.1, 0.15) is 10.4 Å². The SMILES string of the molecule is CS(=O)(=O)c1ccc(C(=O)Cl)c(Cl)c1OCCn1ncnn1. The average molecular weight is 365 g/mol. The molecule has 0 aliphatic heterocycles. The molecule has 0 unspecified atom stereocenters. The van der Waals surface area contributed by atoms with Crippen LogP contribution in [0.5, 0.6) is 5.75 Å². The van der Waals surface area contributed by atoms with Gasteiger partial charge in [-0.3, -0.25) is 4.79 Å². The van der Waals surface area contributed by atoms with Crippen LogP contribution in [-0.2, 0) is 16.4 Å². The Morgan fingerprint density at radius 3 is 2.68 bits per heavy atom. The Hall–Kier alpha value is -1.71. The molecule has 2 rings (SSSR count). The maximum absolute atomic E-state index is 11.8. The molecule has 11 heteroatoms. The van der Waals surface area contributed by atoms with Crippen LogP contribution in [0.2, 0.25) is 5.02 Å². The van der Waals surface area contributed by atoms with Crippen LogP contribution in [-0.4, -0.2) is 46.7 Å². The van der Waals surface area contributed by atoms with Gasteiger partial charge in [0.15, 0.2) is 21.9 Å². The van der Waals surface area contributed by atoms with E-state index < -0.39 is 15.1 Å². The molecule has 1 aromatic carbocycles. The van der Waals surface area contributed by atoms with E-state index in [4.69, 9.17) is 27.9 Å². The van der Waals surface area contributed by atoms with Crippen molar-refractivity contribution in [2.24, 2.45) is 0 Å². The number of sulfone groups is 1. The van der Waals surface area contributed by atoms with E-state index in [1.165, 1.54) is 23.3 Å². The predicted molar refractivity (Wildman–Crippen MR) is 78.1 cm³/mol. The standard InChI is InChI=1S/C11H10Cl2N4O4S/c1-22(19,20)8-3-2-7(11(13)18)9(12)10(8)21-5-4-17-15-6-14-16-17/h2-3,6H,4-5H2,1H3. The second-order valence-electron chi connectivity index (χ2n) is 4.18. The highest BCUT2D eigenvalue weighted by Gasteiger charge is 2.22. The Kier molecular flexibility index (Phi) is 4.99. The lowest BCUT2D eigenvalue weighted by molar-refractivity contribution is 0.108. The zero-order valence-corrected chi connectivity index (χ0v) is 13.6. The summed E-state index contributed by atoms with van der Waals surface area (Å²) in [6.45, 7) is 0.247. The van der Waals surface area contributed by atoms with Crippen LogP contribution in [0.25, 0.3) is 0 Å². The van der Waals surface area contributed by atoms with Crippen molar-refractivity contribution in [1.82, 2.24) is 20.2 Å². The molecule has 1 aromatic heterocycles. The van der Waals surface area contributed by atoms with Crippen molar-refractivity contribution >= 4 is 38.3 Å². The van der Waals surface area contributed by atoms with Gasteiger partial charge in [0.1, 0.15) is 11.5 Å². The zero-order chi connectivity index (χ0) is 16.3. The van der Waals surface area contributed by atoms with Crippen molar-refractivity contribution in [1.29, 1.82) is 0 Å². The van der Waals surface area contributed by atoms with Gasteiger partial charge in [0.2, 0.25) is 0 Å². The molecular weight excluding hydrogens is 355 g/mol. The molecule has 8 nitrogen and oxygen atoms in total. The lowest BCUT2D eigenvalue weighted by Crippen LogP contribution is -2.13. The molecule has 1 heterocycles. The highest BCUT2D eigenvalue weighted by atomic mass is 35.5. The van der Waals surface area contributed by atoms with Gasteiger partial charge in [-0.15, -0.1) is 10.2 Å². The van der Waals surface area contributed by atoms with Crippen LogP contribution in [0.15, 0.2) is 23.4 Å². The molecule has 2 aromatic rings. The third-order valence-corrected chi connectivity index (χ3v) is 4.30. The molecule has 0 saturated carbocycles. The molecule has 0 atom stereocenters. The van der Waals surface area contributed by atoms with Crippen molar-refractivity contribution in [2.45, 2.75) is 11.4 Å². The maximum Gasteiger partial charge on any atom is 0.254 e. The molecule has 0 bridgehead atoms. The molecular formula is C11H10Cl2N4O4S. The molecule has 0 N–H and O–H groups in total. The minimum Gasteiger partial charge on any atom is -0.489 e. The summed E-state index contributed by atoms with van der Waals surface area (Å²) in [6, 6.07) is 2.46. The Balaban J connectivity index is 2.33. The first-order valence-electron chi connectivity index (χ1n) is 5.86. The Bertz CT molecular complexity index is 793. The number of hydrogen-bond acceptors (Lipinski definition) is 7. The van der Waals surface area contributed by atoms with Crippen molar-refractivity contribution in [3.8, 4) is 5.75 Å². The van der Waals surface area contributed by atoms with E-state index in [0.717, 1.165) is 6.26 Å². The molecule has 0 spiro atoms. The largest absolute Gasteiger partial charge is 0.489 e. The van der Waals surface area contributed by atoms with Crippen LogP contribution in [0.4, 0.5) is 0 Å². The fourth-order valence-corrected chi connectivity index (χ4v) is 3.02. The fraction of sp³-hybridized carbons (Fsp3) is 0.273. The van der Waals surface area contributed by atoms with E-state index >= 15 is 0 Å². The smallest absolute Gasteiger partial charge is 0.254 e. The highest BCUT2D eigenvalue weighted by Crippen LogP contribution is 2.35. The average Bonchev–Trinajstić information content (AvgIpc) is 2.91. The molecule has 22 heavy (non-hydrogen) atoms. The molecule has 118 valence electrons.